The predicted molar refractivity (Wildman–Crippen MR) is 163 cm³/mol. The number of ether oxygens (including phenoxy) is 1. The van der Waals surface area contributed by atoms with Crippen molar-refractivity contribution in [2.75, 3.05) is 37.4 Å². The number of carbonyl (C=O) groups is 2. The van der Waals surface area contributed by atoms with E-state index in [1.165, 1.54) is 42.3 Å². The first-order chi connectivity index (χ1) is 21.1. The molecule has 0 saturated heterocycles. The zero-order chi connectivity index (χ0) is 33.1. The molecule has 0 aromatic heterocycles. The Bertz CT molecular complexity index is 1630. The monoisotopic (exact) mass is 648 g/mol. The Labute approximate surface area is 259 Å². The number of sulfonamides is 1. The standard InChI is InChI=1S/C31H35F3N4O6S/c1-19-8-14-24(15-9-19)45(42,43)37(4)17-27-20(2)16-38(21(3)18-39)29(40)25-6-5-7-26(28(25)44-27)36-30(41)35-23-12-10-22(11-13-23)31(32,33)34/h5-15,20-21,27,39H,16-18H2,1-4H3,(H2,35,36,41)/t20-,21-,27+/m0/s1. The number of amides is 3. The number of hydrogen-bond donors (Lipinski definition) is 3. The number of aryl methyl sites for hydroxylation is 1. The lowest BCUT2D eigenvalue weighted by Gasteiger charge is -2.38. The molecule has 3 N–H and O–H groups in total. The van der Waals surface area contributed by atoms with E-state index in [2.05, 4.69) is 10.6 Å². The third kappa shape index (κ3) is 7.75. The van der Waals surface area contributed by atoms with Crippen molar-refractivity contribution in [3.63, 3.8) is 0 Å². The maximum absolute atomic E-state index is 13.7. The fourth-order valence-electron chi connectivity index (χ4n) is 4.83. The Hall–Kier alpha value is -4.14. The van der Waals surface area contributed by atoms with Crippen LogP contribution in [0.25, 0.3) is 0 Å². The van der Waals surface area contributed by atoms with E-state index in [1.54, 1.807) is 26.0 Å². The molecule has 0 aliphatic carbocycles. The first-order valence-electron chi connectivity index (χ1n) is 14.1. The molecule has 0 saturated carbocycles. The summed E-state index contributed by atoms with van der Waals surface area (Å²) in [5.41, 5.74) is 0.263. The highest BCUT2D eigenvalue weighted by Gasteiger charge is 2.36. The number of nitrogens with one attached hydrogen (secondary N) is 2. The molecule has 242 valence electrons. The zero-order valence-electron chi connectivity index (χ0n) is 25.1. The van der Waals surface area contributed by atoms with Crippen molar-refractivity contribution >= 4 is 33.3 Å². The summed E-state index contributed by atoms with van der Waals surface area (Å²) >= 11 is 0. The summed E-state index contributed by atoms with van der Waals surface area (Å²) in [5, 5.41) is 14.9. The van der Waals surface area contributed by atoms with Gasteiger partial charge in [-0.05, 0) is 62.4 Å². The number of nitrogens with zero attached hydrogens (tertiary/aromatic N) is 2. The second-order valence-electron chi connectivity index (χ2n) is 11.1. The Balaban J connectivity index is 1.65. The van der Waals surface area contributed by atoms with Crippen LogP contribution in [0.1, 0.15) is 35.3 Å². The Kier molecular flexibility index (Phi) is 10.1. The molecule has 3 aromatic rings. The molecule has 0 radical (unpaired) electrons. The number of para-hydroxylation sites is 1. The van der Waals surface area contributed by atoms with Crippen molar-refractivity contribution < 1.29 is 41.0 Å². The number of aliphatic hydroxyl groups is 1. The summed E-state index contributed by atoms with van der Waals surface area (Å²) < 4.78 is 73.1. The van der Waals surface area contributed by atoms with E-state index in [1.807, 2.05) is 6.92 Å². The minimum Gasteiger partial charge on any atom is -0.486 e. The number of urea groups is 1. The topological polar surface area (TPSA) is 128 Å². The van der Waals surface area contributed by atoms with E-state index in [4.69, 9.17) is 4.74 Å². The number of fused-ring (bicyclic) bond motifs is 1. The van der Waals surface area contributed by atoms with E-state index in [-0.39, 0.29) is 47.3 Å². The van der Waals surface area contributed by atoms with Gasteiger partial charge in [0.2, 0.25) is 10.0 Å². The van der Waals surface area contributed by atoms with Crippen molar-refractivity contribution in [3.8, 4) is 5.75 Å². The van der Waals surface area contributed by atoms with Crippen molar-refractivity contribution in [3.05, 3.63) is 83.4 Å². The lowest BCUT2D eigenvalue weighted by Crippen LogP contribution is -2.50. The predicted octanol–water partition coefficient (Wildman–Crippen LogP) is 5.20. The minimum absolute atomic E-state index is 0.0158. The molecule has 1 aliphatic rings. The van der Waals surface area contributed by atoms with Gasteiger partial charge in [-0.1, -0.05) is 30.7 Å². The van der Waals surface area contributed by atoms with Crippen LogP contribution in [0.2, 0.25) is 0 Å². The second kappa shape index (κ2) is 13.5. The maximum atomic E-state index is 13.7. The molecule has 3 aromatic carbocycles. The zero-order valence-corrected chi connectivity index (χ0v) is 25.9. The summed E-state index contributed by atoms with van der Waals surface area (Å²) in [6.07, 6.45) is -5.34. The minimum atomic E-state index is -4.53. The molecule has 4 rings (SSSR count). The lowest BCUT2D eigenvalue weighted by molar-refractivity contribution is -0.137. The average molecular weight is 649 g/mol. The molecular weight excluding hydrogens is 613 g/mol. The van der Waals surface area contributed by atoms with Crippen LogP contribution in [-0.2, 0) is 16.2 Å². The van der Waals surface area contributed by atoms with Crippen LogP contribution in [0.5, 0.6) is 5.75 Å². The van der Waals surface area contributed by atoms with Gasteiger partial charge in [-0.3, -0.25) is 4.79 Å². The number of halogens is 3. The summed E-state index contributed by atoms with van der Waals surface area (Å²) in [4.78, 5) is 28.2. The van der Waals surface area contributed by atoms with Crippen LogP contribution >= 0.6 is 0 Å². The Morgan fingerprint density at radius 2 is 1.73 bits per heavy atom. The Morgan fingerprint density at radius 3 is 2.33 bits per heavy atom. The van der Waals surface area contributed by atoms with Crippen molar-refractivity contribution in [1.82, 2.24) is 9.21 Å². The number of hydrogen-bond acceptors (Lipinski definition) is 6. The van der Waals surface area contributed by atoms with Gasteiger partial charge in [-0.15, -0.1) is 0 Å². The number of benzene rings is 3. The number of rotatable bonds is 8. The van der Waals surface area contributed by atoms with Crippen LogP contribution in [-0.4, -0.2) is 73.6 Å². The molecule has 1 aliphatic heterocycles. The molecule has 3 amide bonds. The van der Waals surface area contributed by atoms with Gasteiger partial charge < -0.3 is 25.4 Å². The molecule has 0 spiro atoms. The highest BCUT2D eigenvalue weighted by molar-refractivity contribution is 7.89. The third-order valence-corrected chi connectivity index (χ3v) is 9.41. The number of carbonyl (C=O) groups excluding carboxylic acids is 2. The normalized spacial score (nSPS) is 18.0. The third-order valence-electron chi connectivity index (χ3n) is 7.58. The molecule has 0 bridgehead atoms. The summed E-state index contributed by atoms with van der Waals surface area (Å²) in [6, 6.07) is 13.4. The summed E-state index contributed by atoms with van der Waals surface area (Å²) in [5.74, 6) is -0.914. The van der Waals surface area contributed by atoms with Gasteiger partial charge in [-0.25, -0.2) is 13.2 Å². The van der Waals surface area contributed by atoms with Gasteiger partial charge >= 0.3 is 12.2 Å². The van der Waals surface area contributed by atoms with Crippen molar-refractivity contribution in [2.45, 2.75) is 44.0 Å². The van der Waals surface area contributed by atoms with Crippen molar-refractivity contribution in [1.29, 1.82) is 0 Å². The van der Waals surface area contributed by atoms with Crippen LogP contribution in [0, 0.1) is 12.8 Å². The highest BCUT2D eigenvalue weighted by Crippen LogP contribution is 2.36. The maximum Gasteiger partial charge on any atom is 0.416 e. The number of anilines is 2. The van der Waals surface area contributed by atoms with E-state index in [9.17, 15) is 36.3 Å². The molecule has 10 nitrogen and oxygen atoms in total. The highest BCUT2D eigenvalue weighted by atomic mass is 32.2. The lowest BCUT2D eigenvalue weighted by atomic mass is 9.99. The molecule has 0 unspecified atom stereocenters. The quantitative estimate of drug-likeness (QED) is 0.308. The fourth-order valence-corrected chi connectivity index (χ4v) is 6.01. The Morgan fingerprint density at radius 1 is 1.09 bits per heavy atom. The smallest absolute Gasteiger partial charge is 0.416 e. The fraction of sp³-hybridized carbons (Fsp3) is 0.355. The number of likely N-dealkylation sites (N-methyl/N-ethyl adjacent to an activating group) is 1. The van der Waals surface area contributed by atoms with E-state index in [0.717, 1.165) is 34.1 Å². The largest absolute Gasteiger partial charge is 0.486 e. The van der Waals surface area contributed by atoms with Crippen LogP contribution in [0.4, 0.5) is 29.3 Å². The van der Waals surface area contributed by atoms with Gasteiger partial charge in [0, 0.05) is 25.2 Å². The van der Waals surface area contributed by atoms with Gasteiger partial charge in [0.25, 0.3) is 5.91 Å². The molecular formula is C31H35F3N4O6S. The van der Waals surface area contributed by atoms with Gasteiger partial charge in [-0.2, -0.15) is 17.5 Å². The number of alkyl halides is 3. The average Bonchev–Trinajstić information content (AvgIpc) is 2.98. The number of aliphatic hydroxyl groups excluding tert-OH is 1. The molecule has 3 atom stereocenters. The molecule has 0 fully saturated rings. The second-order valence-corrected chi connectivity index (χ2v) is 13.1. The van der Waals surface area contributed by atoms with E-state index in [0.29, 0.717) is 0 Å². The summed E-state index contributed by atoms with van der Waals surface area (Å²) in [6.45, 7) is 5.02. The van der Waals surface area contributed by atoms with E-state index >= 15 is 0 Å². The van der Waals surface area contributed by atoms with Crippen LogP contribution < -0.4 is 15.4 Å². The summed E-state index contributed by atoms with van der Waals surface area (Å²) in [7, 11) is -2.49. The van der Waals surface area contributed by atoms with Crippen molar-refractivity contribution in [2.24, 2.45) is 5.92 Å². The van der Waals surface area contributed by atoms with Gasteiger partial charge in [0.05, 0.1) is 40.9 Å². The van der Waals surface area contributed by atoms with Gasteiger partial charge in [0.1, 0.15) is 6.10 Å². The van der Waals surface area contributed by atoms with E-state index < -0.39 is 51.8 Å². The SMILES string of the molecule is Cc1ccc(S(=O)(=O)N(C)C[C@H]2Oc3c(NC(=O)Nc4ccc(C(F)(F)F)cc4)cccc3C(=O)N([C@@H](C)CO)C[C@@H]2C)cc1. The van der Waals surface area contributed by atoms with Crippen LogP contribution in [0.3, 0.4) is 0 Å². The first-order valence-corrected chi connectivity index (χ1v) is 15.6. The molecule has 1 heterocycles. The molecule has 14 heteroatoms. The molecule has 45 heavy (non-hydrogen) atoms. The van der Waals surface area contributed by atoms with Gasteiger partial charge in [0.15, 0.2) is 5.75 Å². The first kappa shape index (κ1) is 33.7. The van der Waals surface area contributed by atoms with Crippen LogP contribution in [0.15, 0.2) is 71.6 Å².